The average Bonchev–Trinajstić information content (AvgIpc) is 3.60. The second-order valence-corrected chi connectivity index (χ2v) is 8.43. The molecule has 2 saturated carbocycles. The molecule has 0 aromatic heterocycles. The van der Waals surface area contributed by atoms with Gasteiger partial charge in [0.05, 0.1) is 5.71 Å². The third-order valence-corrected chi connectivity index (χ3v) is 6.23. The van der Waals surface area contributed by atoms with E-state index in [1.54, 1.807) is 0 Å². The minimum absolute atomic E-state index is 0.00123. The first-order chi connectivity index (χ1) is 14.6. The van der Waals surface area contributed by atoms with Crippen LogP contribution in [0.4, 0.5) is 5.69 Å². The molecule has 5 nitrogen and oxygen atoms in total. The molecule has 2 fully saturated rings. The molecular weight excluding hydrogens is 374 g/mol. The topological polar surface area (TPSA) is 70.6 Å². The van der Waals surface area contributed by atoms with Gasteiger partial charge in [0.2, 0.25) is 11.8 Å². The number of carbonyl (C=O) groups excluding carboxylic acids is 2. The molecule has 0 unspecified atom stereocenters. The number of rotatable bonds is 6. The second kappa shape index (κ2) is 9.24. The monoisotopic (exact) mass is 403 g/mol. The summed E-state index contributed by atoms with van der Waals surface area (Å²) in [7, 11) is 0. The predicted molar refractivity (Wildman–Crippen MR) is 119 cm³/mol. The summed E-state index contributed by atoms with van der Waals surface area (Å²) in [4.78, 5) is 24.8. The van der Waals surface area contributed by atoms with Crippen molar-refractivity contribution in [3.8, 4) is 0 Å². The van der Waals surface area contributed by atoms with Crippen molar-refractivity contribution < 1.29 is 9.59 Å². The van der Waals surface area contributed by atoms with Gasteiger partial charge in [-0.3, -0.25) is 9.59 Å². The first-order valence-corrected chi connectivity index (χ1v) is 10.9. The lowest BCUT2D eigenvalue weighted by atomic mass is 9.88. The summed E-state index contributed by atoms with van der Waals surface area (Å²) in [6, 6.07) is 17.8. The van der Waals surface area contributed by atoms with E-state index in [0.29, 0.717) is 5.92 Å². The maximum atomic E-state index is 12.4. The van der Waals surface area contributed by atoms with Crippen molar-refractivity contribution in [2.24, 2.45) is 16.9 Å². The van der Waals surface area contributed by atoms with Gasteiger partial charge in [0.15, 0.2) is 0 Å². The van der Waals surface area contributed by atoms with Crippen LogP contribution < -0.4 is 10.7 Å². The molecule has 0 saturated heterocycles. The van der Waals surface area contributed by atoms with Crippen LogP contribution in [0.5, 0.6) is 0 Å². The van der Waals surface area contributed by atoms with Crippen LogP contribution in [-0.4, -0.2) is 17.5 Å². The summed E-state index contributed by atoms with van der Waals surface area (Å²) < 4.78 is 0. The maximum Gasteiger partial charge on any atom is 0.243 e. The Hall–Kier alpha value is -2.95. The summed E-state index contributed by atoms with van der Waals surface area (Å²) in [6.07, 6.45) is 6.38. The Morgan fingerprint density at radius 2 is 1.60 bits per heavy atom. The van der Waals surface area contributed by atoms with Crippen molar-refractivity contribution in [3.63, 3.8) is 0 Å². The highest BCUT2D eigenvalue weighted by atomic mass is 16.2. The maximum absolute atomic E-state index is 12.4. The molecule has 2 aliphatic carbocycles. The Labute approximate surface area is 178 Å². The first kappa shape index (κ1) is 20.3. The van der Waals surface area contributed by atoms with Crippen molar-refractivity contribution in [1.29, 1.82) is 0 Å². The molecule has 0 bridgehead atoms. The zero-order chi connectivity index (χ0) is 20.9. The fraction of sp³-hybridized carbons (Fsp3) is 0.400. The number of anilines is 1. The zero-order valence-corrected chi connectivity index (χ0v) is 17.4. The molecule has 2 aromatic carbocycles. The van der Waals surface area contributed by atoms with E-state index in [1.807, 2.05) is 49.4 Å². The number of benzene rings is 2. The molecule has 4 rings (SSSR count). The molecule has 2 aliphatic rings. The number of carbonyl (C=O) groups is 2. The molecule has 0 aliphatic heterocycles. The van der Waals surface area contributed by atoms with E-state index in [2.05, 4.69) is 28.0 Å². The second-order valence-electron chi connectivity index (χ2n) is 8.43. The molecule has 2 amide bonds. The van der Waals surface area contributed by atoms with Crippen LogP contribution in [0.3, 0.4) is 0 Å². The lowest BCUT2D eigenvalue weighted by Gasteiger charge is -2.20. The van der Waals surface area contributed by atoms with Crippen LogP contribution in [0, 0.1) is 11.8 Å². The Balaban J connectivity index is 1.29. The van der Waals surface area contributed by atoms with Gasteiger partial charge in [0.25, 0.3) is 0 Å². The number of amides is 2. The largest absolute Gasteiger partial charge is 0.326 e. The van der Waals surface area contributed by atoms with Gasteiger partial charge in [-0.2, -0.15) is 5.10 Å². The van der Waals surface area contributed by atoms with E-state index in [0.717, 1.165) is 49.1 Å². The minimum atomic E-state index is -0.0282. The van der Waals surface area contributed by atoms with Gasteiger partial charge < -0.3 is 5.32 Å². The van der Waals surface area contributed by atoms with Gasteiger partial charge in [-0.15, -0.1) is 0 Å². The average molecular weight is 404 g/mol. The van der Waals surface area contributed by atoms with Gasteiger partial charge >= 0.3 is 0 Å². The summed E-state index contributed by atoms with van der Waals surface area (Å²) in [5.74, 6) is 0.534. The van der Waals surface area contributed by atoms with Crippen LogP contribution in [-0.2, 0) is 9.59 Å². The van der Waals surface area contributed by atoms with Crippen LogP contribution in [0.2, 0.25) is 0 Å². The fourth-order valence-electron chi connectivity index (χ4n) is 4.24. The Morgan fingerprint density at radius 1 is 0.900 bits per heavy atom. The highest BCUT2D eigenvalue weighted by molar-refractivity contribution is 6.00. The predicted octanol–water partition coefficient (Wildman–Crippen LogP) is 4.85. The summed E-state index contributed by atoms with van der Waals surface area (Å²) in [6.45, 7) is 1.87. The Bertz CT molecular complexity index is 915. The molecule has 0 heterocycles. The third-order valence-electron chi connectivity index (χ3n) is 6.23. The van der Waals surface area contributed by atoms with Crippen LogP contribution in [0.15, 0.2) is 59.7 Å². The normalized spacial score (nSPS) is 21.7. The lowest BCUT2D eigenvalue weighted by Crippen LogP contribution is -2.24. The number of nitrogens with zero attached hydrogens (tertiary/aromatic N) is 1. The van der Waals surface area contributed by atoms with Crippen molar-refractivity contribution in [1.82, 2.24) is 5.43 Å². The molecule has 0 spiro atoms. The number of hydrogen-bond acceptors (Lipinski definition) is 3. The van der Waals surface area contributed by atoms with Gasteiger partial charge in [-0.25, -0.2) is 5.43 Å². The van der Waals surface area contributed by atoms with Gasteiger partial charge in [0.1, 0.15) is 0 Å². The van der Waals surface area contributed by atoms with Crippen LogP contribution in [0.1, 0.15) is 62.5 Å². The lowest BCUT2D eigenvalue weighted by molar-refractivity contribution is -0.122. The summed E-state index contributed by atoms with van der Waals surface area (Å²) in [5.41, 5.74) is 6.38. The van der Waals surface area contributed by atoms with Gasteiger partial charge in [-0.1, -0.05) is 61.7 Å². The van der Waals surface area contributed by atoms with Crippen molar-refractivity contribution in [2.45, 2.75) is 51.4 Å². The molecular formula is C25H29N3O2. The van der Waals surface area contributed by atoms with E-state index in [1.165, 1.54) is 12.0 Å². The van der Waals surface area contributed by atoms with Crippen LogP contribution >= 0.6 is 0 Å². The van der Waals surface area contributed by atoms with Gasteiger partial charge in [0, 0.05) is 17.5 Å². The molecule has 2 atom stereocenters. The van der Waals surface area contributed by atoms with Crippen molar-refractivity contribution >= 4 is 23.2 Å². The standard InChI is InChI=1S/C25H29N3O2/c1-17(27-28-25(30)23-16-22(23)19-8-4-2-5-9-19)18-12-14-21(15-13-18)26-24(29)20-10-6-3-7-11-20/h2,4-5,8-9,12-15,20,22-23H,3,6-7,10-11,16H2,1H3,(H,26,29)(H,28,30)/b27-17+/t22-,23+/m1/s1. The summed E-state index contributed by atoms with van der Waals surface area (Å²) in [5, 5.41) is 7.30. The first-order valence-electron chi connectivity index (χ1n) is 10.9. The zero-order valence-electron chi connectivity index (χ0n) is 17.4. The molecule has 156 valence electrons. The van der Waals surface area contributed by atoms with E-state index in [9.17, 15) is 9.59 Å². The minimum Gasteiger partial charge on any atom is -0.326 e. The fourth-order valence-corrected chi connectivity index (χ4v) is 4.24. The molecule has 0 radical (unpaired) electrons. The quantitative estimate of drug-likeness (QED) is 0.535. The van der Waals surface area contributed by atoms with E-state index in [4.69, 9.17) is 0 Å². The van der Waals surface area contributed by atoms with E-state index in [-0.39, 0.29) is 23.7 Å². The van der Waals surface area contributed by atoms with E-state index < -0.39 is 0 Å². The van der Waals surface area contributed by atoms with E-state index >= 15 is 0 Å². The molecule has 2 N–H and O–H groups in total. The summed E-state index contributed by atoms with van der Waals surface area (Å²) >= 11 is 0. The molecule has 2 aromatic rings. The number of hydrazone groups is 1. The van der Waals surface area contributed by atoms with Crippen LogP contribution in [0.25, 0.3) is 0 Å². The highest BCUT2D eigenvalue weighted by Crippen LogP contribution is 2.47. The molecule has 30 heavy (non-hydrogen) atoms. The third kappa shape index (κ3) is 4.96. The smallest absolute Gasteiger partial charge is 0.243 e. The Kier molecular flexibility index (Phi) is 6.26. The number of nitrogens with one attached hydrogen (secondary N) is 2. The Morgan fingerprint density at radius 3 is 2.30 bits per heavy atom. The number of hydrogen-bond donors (Lipinski definition) is 2. The van der Waals surface area contributed by atoms with Crippen molar-refractivity contribution in [2.75, 3.05) is 5.32 Å². The van der Waals surface area contributed by atoms with Gasteiger partial charge in [-0.05, 0) is 55.4 Å². The highest BCUT2D eigenvalue weighted by Gasteiger charge is 2.43. The SMILES string of the molecule is C/C(=N\NC(=O)[C@H]1C[C@@H]1c1ccccc1)c1ccc(NC(=O)C2CCCCC2)cc1. The molecule has 5 heteroatoms. The van der Waals surface area contributed by atoms with Crippen molar-refractivity contribution in [3.05, 3.63) is 65.7 Å².